The number of ether oxygens (including phenoxy) is 1. The molecule has 2 aliphatic rings. The number of carbonyl (C=O) groups excluding carboxylic acids is 2. The van der Waals surface area contributed by atoms with E-state index in [1.54, 1.807) is 42.7 Å². The highest BCUT2D eigenvalue weighted by atomic mass is 32.2. The molecule has 0 saturated carbocycles. The Morgan fingerprint density at radius 1 is 1.09 bits per heavy atom. The predicted octanol–water partition coefficient (Wildman–Crippen LogP) is 2.84. The summed E-state index contributed by atoms with van der Waals surface area (Å²) in [7, 11) is -3.58. The first kappa shape index (κ1) is 20.9. The summed E-state index contributed by atoms with van der Waals surface area (Å²) < 4.78 is 38.3. The molecule has 3 aromatic rings. The van der Waals surface area contributed by atoms with E-state index in [0.717, 1.165) is 17.3 Å². The first-order valence-electron chi connectivity index (χ1n) is 9.72. The first-order chi connectivity index (χ1) is 15.4. The van der Waals surface area contributed by atoms with Gasteiger partial charge in [0.1, 0.15) is 11.3 Å². The first-order valence-corrected chi connectivity index (χ1v) is 12.0. The SMILES string of the molecule is O=C1NC(=O)/C(=C/c2cc3cncc(-c4ccc(S(=O)(=O)N5CCOCC5)cc4)c3o2)S1. The molecule has 2 fully saturated rings. The fourth-order valence-electron chi connectivity index (χ4n) is 3.55. The van der Waals surface area contributed by atoms with Gasteiger partial charge in [0.2, 0.25) is 10.0 Å². The van der Waals surface area contributed by atoms with Crippen molar-refractivity contribution in [3.05, 3.63) is 53.4 Å². The number of thioether (sulfide) groups is 1. The molecule has 0 spiro atoms. The number of nitrogens with zero attached hydrogens (tertiary/aromatic N) is 2. The van der Waals surface area contributed by atoms with Gasteiger partial charge in [-0.15, -0.1) is 0 Å². The van der Waals surface area contributed by atoms with Crippen LogP contribution in [0.2, 0.25) is 0 Å². The molecule has 1 N–H and O–H groups in total. The molecule has 11 heteroatoms. The molecule has 0 bridgehead atoms. The van der Waals surface area contributed by atoms with E-state index in [0.29, 0.717) is 48.6 Å². The molecule has 5 rings (SSSR count). The molecule has 2 saturated heterocycles. The van der Waals surface area contributed by atoms with E-state index in [9.17, 15) is 18.0 Å². The Hall–Kier alpha value is -2.99. The van der Waals surface area contributed by atoms with Crippen LogP contribution in [-0.2, 0) is 19.6 Å². The summed E-state index contributed by atoms with van der Waals surface area (Å²) in [5.41, 5.74) is 1.97. The molecule has 2 aliphatic heterocycles. The van der Waals surface area contributed by atoms with Crippen LogP contribution in [0, 0.1) is 0 Å². The van der Waals surface area contributed by atoms with E-state index in [4.69, 9.17) is 9.15 Å². The molecule has 1 aromatic carbocycles. The van der Waals surface area contributed by atoms with Crippen molar-refractivity contribution < 1.29 is 27.2 Å². The lowest BCUT2D eigenvalue weighted by Gasteiger charge is -2.26. The Kier molecular flexibility index (Phi) is 5.33. The fourth-order valence-corrected chi connectivity index (χ4v) is 5.62. The molecule has 32 heavy (non-hydrogen) atoms. The maximum Gasteiger partial charge on any atom is 0.290 e. The second kappa shape index (κ2) is 8.17. The quantitative estimate of drug-likeness (QED) is 0.577. The maximum absolute atomic E-state index is 12.8. The monoisotopic (exact) mass is 471 g/mol. The van der Waals surface area contributed by atoms with Crippen LogP contribution in [0.5, 0.6) is 0 Å². The zero-order valence-corrected chi connectivity index (χ0v) is 18.2. The Balaban J connectivity index is 1.47. The normalized spacial score (nSPS) is 19.1. The van der Waals surface area contributed by atoms with E-state index < -0.39 is 21.2 Å². The van der Waals surface area contributed by atoms with Crippen LogP contribution < -0.4 is 5.32 Å². The fraction of sp³-hybridized carbons (Fsp3) is 0.190. The highest BCUT2D eigenvalue weighted by Gasteiger charge is 2.27. The van der Waals surface area contributed by atoms with Gasteiger partial charge in [0.05, 0.1) is 23.0 Å². The summed E-state index contributed by atoms with van der Waals surface area (Å²) in [4.78, 5) is 27.9. The number of fused-ring (bicyclic) bond motifs is 1. The number of nitrogens with one attached hydrogen (secondary N) is 1. The van der Waals surface area contributed by atoms with Crippen molar-refractivity contribution in [2.75, 3.05) is 26.3 Å². The molecule has 2 aromatic heterocycles. The molecule has 4 heterocycles. The van der Waals surface area contributed by atoms with Crippen LogP contribution in [0.3, 0.4) is 0 Å². The van der Waals surface area contributed by atoms with Gasteiger partial charge >= 0.3 is 0 Å². The van der Waals surface area contributed by atoms with Crippen LogP contribution in [0.25, 0.3) is 28.2 Å². The summed E-state index contributed by atoms with van der Waals surface area (Å²) in [5.74, 6) is -0.0519. The van der Waals surface area contributed by atoms with Gasteiger partial charge in [0.15, 0.2) is 0 Å². The topological polar surface area (TPSA) is 119 Å². The number of imide groups is 1. The third kappa shape index (κ3) is 3.84. The number of sulfonamides is 1. The number of hydrogen-bond donors (Lipinski definition) is 1. The van der Waals surface area contributed by atoms with E-state index in [1.165, 1.54) is 10.4 Å². The molecule has 0 aliphatic carbocycles. The van der Waals surface area contributed by atoms with E-state index >= 15 is 0 Å². The lowest BCUT2D eigenvalue weighted by atomic mass is 10.1. The second-order valence-electron chi connectivity index (χ2n) is 7.15. The van der Waals surface area contributed by atoms with Crippen LogP contribution in [-0.4, -0.2) is 55.2 Å². The van der Waals surface area contributed by atoms with Crippen molar-refractivity contribution in [2.45, 2.75) is 4.90 Å². The molecule has 0 unspecified atom stereocenters. The minimum atomic E-state index is -3.58. The van der Waals surface area contributed by atoms with Crippen LogP contribution in [0.1, 0.15) is 5.76 Å². The van der Waals surface area contributed by atoms with Crippen molar-refractivity contribution in [3.8, 4) is 11.1 Å². The molecule has 2 amide bonds. The van der Waals surface area contributed by atoms with Crippen molar-refractivity contribution in [1.29, 1.82) is 0 Å². The largest absolute Gasteiger partial charge is 0.456 e. The number of morpholine rings is 1. The second-order valence-corrected chi connectivity index (χ2v) is 10.1. The van der Waals surface area contributed by atoms with E-state index in [-0.39, 0.29) is 9.80 Å². The molecule has 0 atom stereocenters. The standard InChI is InChI=1S/C21H17N3O6S2/c25-20-18(31-21(26)23-20)10-15-9-14-11-22-12-17(19(14)30-15)13-1-3-16(4-2-13)32(27,28)24-5-7-29-8-6-24/h1-4,9-12H,5-8H2,(H,23,25,26)/b18-10-. The van der Waals surface area contributed by atoms with Crippen LogP contribution in [0.4, 0.5) is 4.79 Å². The third-order valence-corrected chi connectivity index (χ3v) is 7.85. The van der Waals surface area contributed by atoms with Gasteiger partial charge in [-0.25, -0.2) is 8.42 Å². The number of amides is 2. The number of hydrogen-bond acceptors (Lipinski definition) is 8. The molecular formula is C21H17N3O6S2. The van der Waals surface area contributed by atoms with Gasteiger partial charge in [0, 0.05) is 42.5 Å². The highest BCUT2D eigenvalue weighted by Crippen LogP contribution is 2.33. The Bertz CT molecular complexity index is 1360. The summed E-state index contributed by atoms with van der Waals surface area (Å²) in [6, 6.07) is 8.28. The minimum absolute atomic E-state index is 0.210. The Morgan fingerprint density at radius 2 is 1.84 bits per heavy atom. The van der Waals surface area contributed by atoms with Gasteiger partial charge < -0.3 is 9.15 Å². The maximum atomic E-state index is 12.8. The summed E-state index contributed by atoms with van der Waals surface area (Å²) >= 11 is 0.812. The average Bonchev–Trinajstić information content (AvgIpc) is 3.35. The molecular weight excluding hydrogens is 454 g/mol. The Morgan fingerprint density at radius 3 is 2.53 bits per heavy atom. The number of rotatable bonds is 4. The predicted molar refractivity (Wildman–Crippen MR) is 118 cm³/mol. The third-order valence-electron chi connectivity index (χ3n) is 5.13. The lowest BCUT2D eigenvalue weighted by Crippen LogP contribution is -2.40. The number of furan rings is 1. The van der Waals surface area contributed by atoms with E-state index in [1.807, 2.05) is 0 Å². The smallest absolute Gasteiger partial charge is 0.290 e. The summed E-state index contributed by atoms with van der Waals surface area (Å²) in [6.45, 7) is 1.44. The highest BCUT2D eigenvalue weighted by molar-refractivity contribution is 8.18. The van der Waals surface area contributed by atoms with Crippen molar-refractivity contribution in [3.63, 3.8) is 0 Å². The number of benzene rings is 1. The van der Waals surface area contributed by atoms with Gasteiger partial charge in [-0.05, 0) is 35.5 Å². The minimum Gasteiger partial charge on any atom is -0.456 e. The average molecular weight is 472 g/mol. The zero-order chi connectivity index (χ0) is 22.3. The summed E-state index contributed by atoms with van der Waals surface area (Å²) in [5, 5.41) is 2.49. The van der Waals surface area contributed by atoms with E-state index in [2.05, 4.69) is 10.3 Å². The van der Waals surface area contributed by atoms with Crippen LogP contribution in [0.15, 0.2) is 56.9 Å². The Labute approximate surface area is 187 Å². The van der Waals surface area contributed by atoms with Crippen molar-refractivity contribution in [2.24, 2.45) is 0 Å². The molecule has 164 valence electrons. The number of pyridine rings is 1. The number of aromatic nitrogens is 1. The number of carbonyl (C=O) groups is 2. The van der Waals surface area contributed by atoms with Gasteiger partial charge in [-0.1, -0.05) is 12.1 Å². The zero-order valence-electron chi connectivity index (χ0n) is 16.6. The van der Waals surface area contributed by atoms with Gasteiger partial charge in [0.25, 0.3) is 11.1 Å². The molecule has 9 nitrogen and oxygen atoms in total. The van der Waals surface area contributed by atoms with Gasteiger partial charge in [-0.2, -0.15) is 4.31 Å². The van der Waals surface area contributed by atoms with Crippen molar-refractivity contribution >= 4 is 50.0 Å². The van der Waals surface area contributed by atoms with Crippen LogP contribution >= 0.6 is 11.8 Å². The lowest BCUT2D eigenvalue weighted by molar-refractivity contribution is -0.115. The molecule has 0 radical (unpaired) electrons. The summed E-state index contributed by atoms with van der Waals surface area (Å²) in [6.07, 6.45) is 4.77. The van der Waals surface area contributed by atoms with Gasteiger partial charge in [-0.3, -0.25) is 19.9 Å². The van der Waals surface area contributed by atoms with Crippen molar-refractivity contribution in [1.82, 2.24) is 14.6 Å².